The number of aromatic nitrogens is 5. The van der Waals surface area contributed by atoms with Gasteiger partial charge in [0.15, 0.2) is 5.82 Å². The molecule has 0 bridgehead atoms. The number of esters is 1. The van der Waals surface area contributed by atoms with E-state index in [2.05, 4.69) is 36.2 Å². The van der Waals surface area contributed by atoms with E-state index in [9.17, 15) is 19.2 Å². The van der Waals surface area contributed by atoms with Gasteiger partial charge in [-0.05, 0) is 42.4 Å². The topological polar surface area (TPSA) is 172 Å². The quantitative estimate of drug-likeness (QED) is 0.273. The van der Waals surface area contributed by atoms with Crippen LogP contribution in [-0.2, 0) is 43.5 Å². The summed E-state index contributed by atoms with van der Waals surface area (Å²) in [5.74, 6) is -0.765. The minimum atomic E-state index is -1.05. The van der Waals surface area contributed by atoms with Gasteiger partial charge in [0.1, 0.15) is 24.5 Å². The summed E-state index contributed by atoms with van der Waals surface area (Å²) in [5, 5.41) is 19.1. The molecule has 0 unspecified atom stereocenters. The number of anilines is 1. The number of nitrogens with zero attached hydrogens (tertiary/aromatic N) is 5. The van der Waals surface area contributed by atoms with Crippen LogP contribution < -0.4 is 15.5 Å². The second kappa shape index (κ2) is 13.8. The molecule has 42 heavy (non-hydrogen) atoms. The highest BCUT2D eigenvalue weighted by Crippen LogP contribution is 2.32. The molecule has 2 atom stereocenters. The number of tetrazole rings is 1. The van der Waals surface area contributed by atoms with Crippen LogP contribution in [0.3, 0.4) is 0 Å². The summed E-state index contributed by atoms with van der Waals surface area (Å²) in [6.07, 6.45) is 6.15. The summed E-state index contributed by atoms with van der Waals surface area (Å²) >= 11 is 0. The summed E-state index contributed by atoms with van der Waals surface area (Å²) in [4.78, 5) is 58.8. The monoisotopic (exact) mass is 574 g/mol. The van der Waals surface area contributed by atoms with Crippen molar-refractivity contribution >= 4 is 29.5 Å². The zero-order valence-electron chi connectivity index (χ0n) is 23.2. The van der Waals surface area contributed by atoms with Crippen molar-refractivity contribution in [3.63, 3.8) is 0 Å². The molecule has 1 fully saturated rings. The predicted molar refractivity (Wildman–Crippen MR) is 149 cm³/mol. The second-order valence-electron chi connectivity index (χ2n) is 10.6. The van der Waals surface area contributed by atoms with Crippen LogP contribution >= 0.6 is 0 Å². The van der Waals surface area contributed by atoms with E-state index in [1.165, 1.54) is 4.90 Å². The zero-order chi connectivity index (χ0) is 29.3. The Morgan fingerprint density at radius 1 is 1.07 bits per heavy atom. The van der Waals surface area contributed by atoms with E-state index in [1.54, 1.807) is 12.3 Å². The highest BCUT2D eigenvalue weighted by molar-refractivity contribution is 6.06. The molecule has 1 aliphatic heterocycles. The lowest BCUT2D eigenvalue weighted by Gasteiger charge is -2.28. The highest BCUT2D eigenvalue weighted by Gasteiger charge is 2.42. The number of H-pyrrole nitrogens is 1. The summed E-state index contributed by atoms with van der Waals surface area (Å²) in [5.41, 5.74) is 1.57. The Kier molecular flexibility index (Phi) is 9.47. The first-order valence-electron chi connectivity index (χ1n) is 14.2. The number of carbonyl (C=O) groups is 4. The van der Waals surface area contributed by atoms with Crippen molar-refractivity contribution in [3.05, 3.63) is 65.6 Å². The number of rotatable bonds is 12. The molecule has 2 aliphatic rings. The van der Waals surface area contributed by atoms with Crippen LogP contribution in [0.2, 0.25) is 0 Å². The minimum absolute atomic E-state index is 0.0126. The average molecular weight is 575 g/mol. The van der Waals surface area contributed by atoms with Crippen molar-refractivity contribution in [2.75, 3.05) is 4.90 Å². The van der Waals surface area contributed by atoms with Gasteiger partial charge < -0.3 is 15.4 Å². The number of nitrogens with one attached hydrogen (secondary N) is 3. The van der Waals surface area contributed by atoms with Gasteiger partial charge in [0.2, 0.25) is 11.8 Å². The third kappa shape index (κ3) is 7.33. The third-order valence-electron chi connectivity index (χ3n) is 7.63. The number of ether oxygens (including phenoxy) is 1. The minimum Gasteiger partial charge on any atom is -0.461 e. The average Bonchev–Trinajstić information content (AvgIpc) is 3.79. The molecule has 13 heteroatoms. The fraction of sp³-hybridized carbons (Fsp3) is 0.448. The molecule has 13 nitrogen and oxygen atoms in total. The van der Waals surface area contributed by atoms with Crippen molar-refractivity contribution in [2.24, 2.45) is 5.92 Å². The number of pyridine rings is 1. The first-order chi connectivity index (χ1) is 20.5. The van der Waals surface area contributed by atoms with Gasteiger partial charge in [0.05, 0.1) is 6.54 Å². The van der Waals surface area contributed by atoms with Crippen LogP contribution in [0.15, 0.2) is 48.7 Å². The second-order valence-corrected chi connectivity index (χ2v) is 10.6. The van der Waals surface area contributed by atoms with Gasteiger partial charge in [-0.15, -0.1) is 10.2 Å². The van der Waals surface area contributed by atoms with Crippen molar-refractivity contribution in [2.45, 2.75) is 76.6 Å². The van der Waals surface area contributed by atoms with Crippen LogP contribution in [0.4, 0.5) is 5.82 Å². The summed E-state index contributed by atoms with van der Waals surface area (Å²) in [6, 6.07) is 10.9. The van der Waals surface area contributed by atoms with E-state index in [0.717, 1.165) is 36.8 Å². The van der Waals surface area contributed by atoms with Gasteiger partial charge in [0.25, 0.3) is 5.91 Å². The van der Waals surface area contributed by atoms with Crippen LogP contribution in [0, 0.1) is 5.92 Å². The number of hydrogen-bond donors (Lipinski definition) is 3. The van der Waals surface area contributed by atoms with Crippen LogP contribution in [-0.4, -0.2) is 61.4 Å². The number of fused-ring (bicyclic) bond motifs is 1. The van der Waals surface area contributed by atoms with Gasteiger partial charge >= 0.3 is 5.97 Å². The van der Waals surface area contributed by atoms with Gasteiger partial charge in [-0.3, -0.25) is 24.1 Å². The van der Waals surface area contributed by atoms with E-state index in [-0.39, 0.29) is 44.2 Å². The number of benzene rings is 1. The molecule has 2 aromatic heterocycles. The molecule has 5 rings (SSSR count). The van der Waals surface area contributed by atoms with Crippen molar-refractivity contribution in [3.8, 4) is 0 Å². The SMILES string of the molecule is O=C(CC1CCCC1)N[C@@H](CCC(=O)OCc1ccccc1)C(=O)N1c2ncccc2C[C@H]1C(=O)NCc1nn[nH]n1. The Balaban J connectivity index is 1.30. The fourth-order valence-electron chi connectivity index (χ4n) is 5.49. The van der Waals surface area contributed by atoms with Gasteiger partial charge in [0, 0.05) is 25.5 Å². The summed E-state index contributed by atoms with van der Waals surface area (Å²) < 4.78 is 5.41. The van der Waals surface area contributed by atoms with E-state index >= 15 is 0 Å². The lowest BCUT2D eigenvalue weighted by Crippen LogP contribution is -2.55. The molecular weight excluding hydrogens is 540 g/mol. The maximum atomic E-state index is 14.1. The molecule has 1 saturated carbocycles. The molecule has 3 aromatic rings. The smallest absolute Gasteiger partial charge is 0.306 e. The van der Waals surface area contributed by atoms with Gasteiger partial charge in [-0.2, -0.15) is 5.21 Å². The van der Waals surface area contributed by atoms with Crippen LogP contribution in [0.5, 0.6) is 0 Å². The lowest BCUT2D eigenvalue weighted by molar-refractivity contribution is -0.145. The molecule has 1 aliphatic carbocycles. The standard InChI is InChI=1S/C29H34N8O5/c38-25(15-19-7-4-5-8-19)32-22(12-13-26(39)42-18-20-9-2-1-3-10-20)29(41)37-23(16-21-11-6-14-30-27(21)37)28(40)31-17-24-33-35-36-34-24/h1-3,6,9-11,14,19,22-23H,4-5,7-8,12-13,15-18H2,(H,31,40)(H,32,38)(H,33,34,35,36)/t22-,23-/m0/s1. The Bertz CT molecular complexity index is 1380. The predicted octanol–water partition coefficient (Wildman–Crippen LogP) is 1.76. The Morgan fingerprint density at radius 2 is 1.88 bits per heavy atom. The van der Waals surface area contributed by atoms with E-state index < -0.39 is 29.9 Å². The third-order valence-corrected chi connectivity index (χ3v) is 7.63. The molecule has 220 valence electrons. The number of amides is 3. The molecule has 3 amide bonds. The van der Waals surface area contributed by atoms with E-state index in [0.29, 0.717) is 18.1 Å². The summed E-state index contributed by atoms with van der Waals surface area (Å²) in [6.45, 7) is 0.130. The van der Waals surface area contributed by atoms with Crippen LogP contribution in [0.1, 0.15) is 61.9 Å². The molecule has 0 spiro atoms. The normalized spacial score (nSPS) is 17.0. The van der Waals surface area contributed by atoms with Crippen molar-refractivity contribution in [1.29, 1.82) is 0 Å². The Labute approximate surface area is 242 Å². The fourth-order valence-corrected chi connectivity index (χ4v) is 5.49. The van der Waals surface area contributed by atoms with E-state index in [4.69, 9.17) is 4.74 Å². The molecule has 0 saturated heterocycles. The van der Waals surface area contributed by atoms with Crippen molar-refractivity contribution < 1.29 is 23.9 Å². The maximum absolute atomic E-state index is 14.1. The molecule has 0 radical (unpaired) electrons. The molecular formula is C29H34N8O5. The van der Waals surface area contributed by atoms with Crippen LogP contribution in [0.25, 0.3) is 0 Å². The molecule has 3 N–H and O–H groups in total. The lowest BCUT2D eigenvalue weighted by atomic mass is 10.0. The number of carbonyl (C=O) groups excluding carboxylic acids is 4. The van der Waals surface area contributed by atoms with Gasteiger partial charge in [-0.1, -0.05) is 54.5 Å². The summed E-state index contributed by atoms with van der Waals surface area (Å²) in [7, 11) is 0. The first kappa shape index (κ1) is 28.8. The number of hydrogen-bond acceptors (Lipinski definition) is 9. The highest BCUT2D eigenvalue weighted by atomic mass is 16.5. The Hall–Kier alpha value is -4.68. The molecule has 1 aromatic carbocycles. The molecule has 3 heterocycles. The van der Waals surface area contributed by atoms with Gasteiger partial charge in [-0.25, -0.2) is 4.98 Å². The van der Waals surface area contributed by atoms with E-state index in [1.807, 2.05) is 36.4 Å². The van der Waals surface area contributed by atoms with Crippen molar-refractivity contribution in [1.82, 2.24) is 36.2 Å². The largest absolute Gasteiger partial charge is 0.461 e. The first-order valence-corrected chi connectivity index (χ1v) is 14.2. The number of aromatic amines is 1. The zero-order valence-corrected chi connectivity index (χ0v) is 23.2. The maximum Gasteiger partial charge on any atom is 0.306 e. The Morgan fingerprint density at radius 3 is 2.64 bits per heavy atom.